The molecule has 0 bridgehead atoms. The van der Waals surface area contributed by atoms with E-state index in [1.807, 2.05) is 0 Å². The second kappa shape index (κ2) is 24.9. The van der Waals surface area contributed by atoms with Gasteiger partial charge in [-0.1, -0.05) is 145 Å². The van der Waals surface area contributed by atoms with Gasteiger partial charge < -0.3 is 38.4 Å². The summed E-state index contributed by atoms with van der Waals surface area (Å²) in [5, 5.41) is 0. The number of hydrogen-bond donors (Lipinski definition) is 0. The molecule has 0 radical (unpaired) electrons. The van der Waals surface area contributed by atoms with Crippen LogP contribution in [0.5, 0.6) is 0 Å². The first-order valence-corrected chi connectivity index (χ1v) is 15.4. The standard InChI is InChI=1S/C25H46N.C10H16N.BrH.ClH/c1-4-5-6-7-8-9-10-11-12-13-14-15-16-20-23-26(2,3)24-25-21-18-17-19-22-25;1-11(2,3)9-10-7-5-4-6-8-10;;/h17-19,21-22H,4-16,20,23-24H2,1-3H3;4-8H,9H2,1-3H3;2*1H/q2*+1;;/p-2. The highest BCUT2D eigenvalue weighted by Crippen LogP contribution is 2.15. The Morgan fingerprint density at radius 1 is 0.462 bits per heavy atom. The first-order valence-electron chi connectivity index (χ1n) is 15.4. The molecule has 0 amide bonds. The van der Waals surface area contributed by atoms with Crippen molar-refractivity contribution in [3.05, 3.63) is 71.8 Å². The molecule has 0 saturated carbocycles. The van der Waals surface area contributed by atoms with Crippen LogP contribution in [0.2, 0.25) is 0 Å². The summed E-state index contributed by atoms with van der Waals surface area (Å²) in [6.07, 6.45) is 20.2. The average Bonchev–Trinajstić information content (AvgIpc) is 2.84. The molecule has 39 heavy (non-hydrogen) atoms. The van der Waals surface area contributed by atoms with Crippen molar-refractivity contribution in [2.24, 2.45) is 0 Å². The van der Waals surface area contributed by atoms with Crippen molar-refractivity contribution in [2.45, 2.75) is 110 Å². The number of benzene rings is 2. The predicted octanol–water partition coefficient (Wildman–Crippen LogP) is 3.65. The van der Waals surface area contributed by atoms with E-state index in [1.165, 1.54) is 108 Å². The Balaban J connectivity index is 0. The fraction of sp³-hybridized carbons (Fsp3) is 0.657. The molecule has 0 aromatic heterocycles. The van der Waals surface area contributed by atoms with Crippen LogP contribution in [0.1, 0.15) is 108 Å². The molecule has 2 aromatic rings. The number of nitrogens with zero attached hydrogens (tertiary/aromatic N) is 2. The van der Waals surface area contributed by atoms with Crippen molar-refractivity contribution in [2.75, 3.05) is 41.8 Å². The lowest BCUT2D eigenvalue weighted by molar-refractivity contribution is -0.903. The van der Waals surface area contributed by atoms with Gasteiger partial charge in [0, 0.05) is 11.1 Å². The van der Waals surface area contributed by atoms with Crippen molar-refractivity contribution in [3.8, 4) is 0 Å². The molecule has 0 spiro atoms. The molecular formula is C35H62BrClN2. The molecule has 4 heteroatoms. The second-order valence-electron chi connectivity index (χ2n) is 12.8. The maximum Gasteiger partial charge on any atom is 0.104 e. The molecule has 226 valence electrons. The third-order valence-electron chi connectivity index (χ3n) is 7.07. The smallest absolute Gasteiger partial charge is 0.104 e. The monoisotopic (exact) mass is 624 g/mol. The number of rotatable bonds is 19. The summed E-state index contributed by atoms with van der Waals surface area (Å²) in [5.74, 6) is 0. The molecule has 0 fully saturated rings. The van der Waals surface area contributed by atoms with Gasteiger partial charge in [-0.15, -0.1) is 0 Å². The number of halogens is 2. The molecule has 0 N–H and O–H groups in total. The summed E-state index contributed by atoms with van der Waals surface area (Å²) in [6.45, 7) is 5.85. The van der Waals surface area contributed by atoms with Gasteiger partial charge in [0.2, 0.25) is 0 Å². The van der Waals surface area contributed by atoms with Gasteiger partial charge in [0.1, 0.15) is 13.1 Å². The Kier molecular flexibility index (Phi) is 25.7. The van der Waals surface area contributed by atoms with Crippen molar-refractivity contribution < 1.29 is 38.4 Å². The molecule has 2 rings (SSSR count). The maximum atomic E-state index is 2.37. The van der Waals surface area contributed by atoms with Gasteiger partial charge in [0.25, 0.3) is 0 Å². The van der Waals surface area contributed by atoms with Gasteiger partial charge in [-0.3, -0.25) is 0 Å². The zero-order valence-electron chi connectivity index (χ0n) is 26.4. The summed E-state index contributed by atoms with van der Waals surface area (Å²) in [5.41, 5.74) is 2.86. The van der Waals surface area contributed by atoms with Crippen LogP contribution in [0.4, 0.5) is 0 Å². The van der Waals surface area contributed by atoms with Gasteiger partial charge in [-0.05, 0) is 12.8 Å². The third kappa shape index (κ3) is 25.8. The van der Waals surface area contributed by atoms with Crippen molar-refractivity contribution >= 4 is 0 Å². The number of unbranched alkanes of at least 4 members (excludes halogenated alkanes) is 13. The fourth-order valence-corrected chi connectivity index (χ4v) is 5.02. The van der Waals surface area contributed by atoms with Gasteiger partial charge in [-0.25, -0.2) is 0 Å². The van der Waals surface area contributed by atoms with E-state index in [1.54, 1.807) is 0 Å². The Labute approximate surface area is 260 Å². The normalized spacial score (nSPS) is 11.1. The lowest BCUT2D eigenvalue weighted by Gasteiger charge is -2.30. The SMILES string of the molecule is CCCCCCCCCCCCCCCC[N+](C)(C)Cc1ccccc1.C[N+](C)(C)Cc1ccccc1.[Br-].[Cl-]. The summed E-state index contributed by atoms with van der Waals surface area (Å²) >= 11 is 0. The highest BCUT2D eigenvalue weighted by atomic mass is 79.9. The van der Waals surface area contributed by atoms with Crippen LogP contribution >= 0.6 is 0 Å². The van der Waals surface area contributed by atoms with Crippen LogP contribution in [0.25, 0.3) is 0 Å². The first kappa shape index (κ1) is 40.3. The van der Waals surface area contributed by atoms with Crippen LogP contribution in [0, 0.1) is 0 Å². The second-order valence-corrected chi connectivity index (χ2v) is 12.8. The molecule has 0 aliphatic carbocycles. The van der Waals surface area contributed by atoms with Crippen molar-refractivity contribution in [1.82, 2.24) is 0 Å². The lowest BCUT2D eigenvalue weighted by atomic mass is 10.0. The number of hydrogen-bond acceptors (Lipinski definition) is 0. The van der Waals surface area contributed by atoms with E-state index in [4.69, 9.17) is 0 Å². The molecule has 0 aliphatic heterocycles. The summed E-state index contributed by atoms with van der Waals surface area (Å²) in [4.78, 5) is 0. The van der Waals surface area contributed by atoms with Crippen LogP contribution in [0.3, 0.4) is 0 Å². The minimum atomic E-state index is 0. The van der Waals surface area contributed by atoms with E-state index < -0.39 is 0 Å². The van der Waals surface area contributed by atoms with E-state index in [0.29, 0.717) is 0 Å². The largest absolute Gasteiger partial charge is 1.00 e. The van der Waals surface area contributed by atoms with E-state index in [-0.39, 0.29) is 29.4 Å². The molecule has 0 heterocycles. The minimum Gasteiger partial charge on any atom is -1.00 e. The fourth-order valence-electron chi connectivity index (χ4n) is 5.02. The molecule has 2 aromatic carbocycles. The molecule has 2 nitrogen and oxygen atoms in total. The zero-order chi connectivity index (χ0) is 27.2. The maximum absolute atomic E-state index is 2.37. The molecule has 0 unspecified atom stereocenters. The molecule has 0 saturated heterocycles. The first-order chi connectivity index (χ1) is 17.7. The van der Waals surface area contributed by atoms with Crippen molar-refractivity contribution in [1.29, 1.82) is 0 Å². The Bertz CT molecular complexity index is 759. The van der Waals surface area contributed by atoms with E-state index in [0.717, 1.165) is 22.1 Å². The summed E-state index contributed by atoms with van der Waals surface area (Å²) in [6, 6.07) is 21.5. The average molecular weight is 626 g/mol. The zero-order valence-corrected chi connectivity index (χ0v) is 28.8. The van der Waals surface area contributed by atoms with E-state index >= 15 is 0 Å². The highest BCUT2D eigenvalue weighted by molar-refractivity contribution is 5.14. The summed E-state index contributed by atoms with van der Waals surface area (Å²) < 4.78 is 2.10. The van der Waals surface area contributed by atoms with Gasteiger partial charge in [-0.2, -0.15) is 0 Å². The molecular weight excluding hydrogens is 564 g/mol. The highest BCUT2D eigenvalue weighted by Gasteiger charge is 2.14. The Morgan fingerprint density at radius 3 is 1.15 bits per heavy atom. The van der Waals surface area contributed by atoms with E-state index in [9.17, 15) is 0 Å². The van der Waals surface area contributed by atoms with Gasteiger partial charge in [0.05, 0.1) is 41.8 Å². The lowest BCUT2D eigenvalue weighted by Crippen LogP contribution is -3.00. The van der Waals surface area contributed by atoms with Gasteiger partial charge >= 0.3 is 0 Å². The van der Waals surface area contributed by atoms with Crippen molar-refractivity contribution in [3.63, 3.8) is 0 Å². The molecule has 0 aliphatic rings. The van der Waals surface area contributed by atoms with Crippen LogP contribution in [-0.4, -0.2) is 50.7 Å². The predicted molar refractivity (Wildman–Crippen MR) is 166 cm³/mol. The van der Waals surface area contributed by atoms with Crippen LogP contribution in [0.15, 0.2) is 60.7 Å². The van der Waals surface area contributed by atoms with E-state index in [2.05, 4.69) is 103 Å². The van der Waals surface area contributed by atoms with Gasteiger partial charge in [0.15, 0.2) is 0 Å². The summed E-state index contributed by atoms with van der Waals surface area (Å²) in [7, 11) is 11.3. The number of quaternary nitrogens is 2. The minimum absolute atomic E-state index is 0. The van der Waals surface area contributed by atoms with Crippen LogP contribution in [-0.2, 0) is 13.1 Å². The van der Waals surface area contributed by atoms with Crippen LogP contribution < -0.4 is 29.4 Å². The quantitative estimate of drug-likeness (QED) is 0.165. The third-order valence-corrected chi connectivity index (χ3v) is 7.07. The Hall–Kier alpha value is -0.870. The molecule has 0 atom stereocenters. The Morgan fingerprint density at radius 2 is 0.795 bits per heavy atom. The topological polar surface area (TPSA) is 0 Å².